The van der Waals surface area contributed by atoms with Crippen molar-refractivity contribution in [3.8, 4) is 5.75 Å². The summed E-state index contributed by atoms with van der Waals surface area (Å²) in [4.78, 5) is 2.64. The monoisotopic (exact) mass is 246 g/mol. The number of nitrogens with zero attached hydrogens (tertiary/aromatic N) is 1. The van der Waals surface area contributed by atoms with E-state index in [9.17, 15) is 0 Å². The molecule has 1 aromatic carbocycles. The van der Waals surface area contributed by atoms with E-state index in [0.29, 0.717) is 6.04 Å². The summed E-state index contributed by atoms with van der Waals surface area (Å²) in [6.07, 6.45) is 4.12. The van der Waals surface area contributed by atoms with Crippen LogP contribution in [0.2, 0.25) is 0 Å². The first kappa shape index (κ1) is 12.0. The molecule has 1 aromatic rings. The van der Waals surface area contributed by atoms with Crippen LogP contribution in [0.4, 0.5) is 0 Å². The zero-order chi connectivity index (χ0) is 12.4. The van der Waals surface area contributed by atoms with Gasteiger partial charge in [-0.25, -0.2) is 0 Å². The molecule has 0 spiro atoms. The molecule has 1 N–H and O–H groups in total. The largest absolute Gasteiger partial charge is 0.496 e. The van der Waals surface area contributed by atoms with Crippen molar-refractivity contribution in [1.29, 1.82) is 0 Å². The van der Waals surface area contributed by atoms with Gasteiger partial charge in [-0.1, -0.05) is 18.2 Å². The third-order valence-electron chi connectivity index (χ3n) is 4.06. The van der Waals surface area contributed by atoms with E-state index in [-0.39, 0.29) is 0 Å². The summed E-state index contributed by atoms with van der Waals surface area (Å²) in [6.45, 7) is 3.40. The molecule has 3 heteroatoms. The van der Waals surface area contributed by atoms with Gasteiger partial charge in [0, 0.05) is 37.3 Å². The number of rotatable bonds is 5. The third-order valence-corrected chi connectivity index (χ3v) is 4.06. The lowest BCUT2D eigenvalue weighted by molar-refractivity contribution is 0.317. The highest BCUT2D eigenvalue weighted by atomic mass is 16.5. The molecule has 2 aliphatic rings. The van der Waals surface area contributed by atoms with Crippen molar-refractivity contribution in [3.05, 3.63) is 29.8 Å². The number of hydrogen-bond donors (Lipinski definition) is 1. The summed E-state index contributed by atoms with van der Waals surface area (Å²) < 4.78 is 5.38. The number of nitrogens with one attached hydrogen (secondary N) is 1. The van der Waals surface area contributed by atoms with Gasteiger partial charge in [0.05, 0.1) is 7.11 Å². The second-order valence-corrected chi connectivity index (χ2v) is 5.40. The highest BCUT2D eigenvalue weighted by molar-refractivity contribution is 5.33. The fourth-order valence-electron chi connectivity index (χ4n) is 2.83. The van der Waals surface area contributed by atoms with Gasteiger partial charge in [0.25, 0.3) is 0 Å². The number of ether oxygens (including phenoxy) is 1. The van der Waals surface area contributed by atoms with Crippen LogP contribution in [0, 0.1) is 0 Å². The molecule has 1 atom stereocenters. The lowest BCUT2D eigenvalue weighted by Gasteiger charge is -2.16. The molecule has 1 heterocycles. The number of para-hydroxylation sites is 1. The molecular formula is C15H22N2O. The van der Waals surface area contributed by atoms with Crippen molar-refractivity contribution in [3.63, 3.8) is 0 Å². The molecule has 98 valence electrons. The van der Waals surface area contributed by atoms with Crippen LogP contribution in [-0.4, -0.2) is 37.2 Å². The van der Waals surface area contributed by atoms with Gasteiger partial charge in [-0.3, -0.25) is 4.90 Å². The Bertz CT molecular complexity index is 403. The Kier molecular flexibility index (Phi) is 3.52. The summed E-state index contributed by atoms with van der Waals surface area (Å²) in [7, 11) is 1.74. The van der Waals surface area contributed by atoms with Crippen LogP contribution in [0.1, 0.15) is 24.8 Å². The van der Waals surface area contributed by atoms with Crippen LogP contribution in [0.5, 0.6) is 5.75 Å². The number of hydrogen-bond acceptors (Lipinski definition) is 3. The van der Waals surface area contributed by atoms with Gasteiger partial charge >= 0.3 is 0 Å². The standard InChI is InChI=1S/C15H22N2O/c1-18-15-5-3-2-4-12(15)10-16-13-8-9-17(11-13)14-6-7-14/h2-5,13-14,16H,6-11H2,1H3. The molecule has 1 unspecified atom stereocenters. The smallest absolute Gasteiger partial charge is 0.123 e. The van der Waals surface area contributed by atoms with E-state index in [1.807, 2.05) is 12.1 Å². The molecule has 1 aliphatic heterocycles. The fraction of sp³-hybridized carbons (Fsp3) is 0.600. The van der Waals surface area contributed by atoms with Crippen molar-refractivity contribution in [2.45, 2.75) is 37.9 Å². The van der Waals surface area contributed by atoms with Crippen molar-refractivity contribution in [2.75, 3.05) is 20.2 Å². The summed E-state index contributed by atoms with van der Waals surface area (Å²) in [5.41, 5.74) is 1.25. The lowest BCUT2D eigenvalue weighted by Crippen LogP contribution is -2.32. The molecule has 0 bridgehead atoms. The van der Waals surface area contributed by atoms with Gasteiger partial charge in [0.1, 0.15) is 5.75 Å². The summed E-state index contributed by atoms with van der Waals surface area (Å²) in [6, 6.07) is 9.82. The maximum Gasteiger partial charge on any atom is 0.123 e. The molecule has 0 amide bonds. The number of benzene rings is 1. The first-order chi connectivity index (χ1) is 8.86. The number of likely N-dealkylation sites (tertiary alicyclic amines) is 1. The van der Waals surface area contributed by atoms with Crippen LogP contribution in [0.3, 0.4) is 0 Å². The molecule has 2 fully saturated rings. The van der Waals surface area contributed by atoms with E-state index < -0.39 is 0 Å². The van der Waals surface area contributed by atoms with E-state index in [4.69, 9.17) is 4.74 Å². The van der Waals surface area contributed by atoms with Crippen LogP contribution < -0.4 is 10.1 Å². The van der Waals surface area contributed by atoms with E-state index in [1.54, 1.807) is 7.11 Å². The van der Waals surface area contributed by atoms with Gasteiger partial charge in [0.15, 0.2) is 0 Å². The lowest BCUT2D eigenvalue weighted by atomic mass is 10.2. The molecule has 0 radical (unpaired) electrons. The first-order valence-electron chi connectivity index (χ1n) is 6.96. The summed E-state index contributed by atoms with van der Waals surface area (Å²) in [5.74, 6) is 0.988. The van der Waals surface area contributed by atoms with E-state index in [2.05, 4.69) is 22.3 Å². The molecule has 3 nitrogen and oxygen atoms in total. The fourth-order valence-corrected chi connectivity index (χ4v) is 2.83. The van der Waals surface area contributed by atoms with Gasteiger partial charge < -0.3 is 10.1 Å². The number of methoxy groups -OCH3 is 1. The Morgan fingerprint density at radius 1 is 1.28 bits per heavy atom. The Hall–Kier alpha value is -1.06. The first-order valence-corrected chi connectivity index (χ1v) is 6.96. The Balaban J connectivity index is 1.51. The van der Waals surface area contributed by atoms with Crippen LogP contribution in [0.25, 0.3) is 0 Å². The summed E-state index contributed by atoms with van der Waals surface area (Å²) in [5, 5.41) is 3.66. The van der Waals surface area contributed by atoms with Crippen molar-refractivity contribution < 1.29 is 4.74 Å². The molecule has 1 saturated heterocycles. The SMILES string of the molecule is COc1ccccc1CNC1CCN(C2CC2)C1. The van der Waals surface area contributed by atoms with Gasteiger partial charge in [-0.15, -0.1) is 0 Å². The normalized spacial score (nSPS) is 24.4. The minimum absolute atomic E-state index is 0.649. The third kappa shape index (κ3) is 2.68. The topological polar surface area (TPSA) is 24.5 Å². The van der Waals surface area contributed by atoms with Gasteiger partial charge in [-0.2, -0.15) is 0 Å². The minimum Gasteiger partial charge on any atom is -0.496 e. The van der Waals surface area contributed by atoms with E-state index in [1.165, 1.54) is 37.9 Å². The zero-order valence-corrected chi connectivity index (χ0v) is 11.1. The molecule has 1 aliphatic carbocycles. The molecule has 1 saturated carbocycles. The second-order valence-electron chi connectivity index (χ2n) is 5.40. The second kappa shape index (κ2) is 5.29. The average Bonchev–Trinajstić information content (AvgIpc) is 3.16. The quantitative estimate of drug-likeness (QED) is 0.860. The van der Waals surface area contributed by atoms with E-state index in [0.717, 1.165) is 18.3 Å². The highest BCUT2D eigenvalue weighted by Gasteiger charge is 2.34. The zero-order valence-electron chi connectivity index (χ0n) is 11.1. The summed E-state index contributed by atoms with van der Waals surface area (Å²) >= 11 is 0. The predicted octanol–water partition coefficient (Wildman–Crippen LogP) is 2.02. The Morgan fingerprint density at radius 3 is 2.89 bits per heavy atom. The van der Waals surface area contributed by atoms with Crippen LogP contribution in [0.15, 0.2) is 24.3 Å². The average molecular weight is 246 g/mol. The predicted molar refractivity (Wildman–Crippen MR) is 72.8 cm³/mol. The molecule has 0 aromatic heterocycles. The molecular weight excluding hydrogens is 224 g/mol. The minimum atomic E-state index is 0.649. The van der Waals surface area contributed by atoms with Crippen molar-refractivity contribution in [1.82, 2.24) is 10.2 Å². The Labute approximate surface area is 109 Å². The maximum absolute atomic E-state index is 5.38. The van der Waals surface area contributed by atoms with Gasteiger partial charge in [0.2, 0.25) is 0 Å². The van der Waals surface area contributed by atoms with Crippen LogP contribution >= 0.6 is 0 Å². The molecule has 18 heavy (non-hydrogen) atoms. The van der Waals surface area contributed by atoms with Gasteiger partial charge in [-0.05, 0) is 25.3 Å². The maximum atomic E-state index is 5.38. The van der Waals surface area contributed by atoms with Crippen molar-refractivity contribution >= 4 is 0 Å². The molecule has 3 rings (SSSR count). The highest BCUT2D eigenvalue weighted by Crippen LogP contribution is 2.30. The van der Waals surface area contributed by atoms with E-state index >= 15 is 0 Å². The van der Waals surface area contributed by atoms with Crippen LogP contribution in [-0.2, 0) is 6.54 Å². The Morgan fingerprint density at radius 2 is 2.11 bits per heavy atom. The van der Waals surface area contributed by atoms with Crippen molar-refractivity contribution in [2.24, 2.45) is 0 Å².